The van der Waals surface area contributed by atoms with Crippen LogP contribution in [-0.2, 0) is 4.79 Å². The fraction of sp³-hybridized carbons (Fsp3) is 0.375. The van der Waals surface area contributed by atoms with Crippen LogP contribution in [0.25, 0.3) is 10.9 Å². The molecular weight excluding hydrogens is 286 g/mol. The molecule has 1 aliphatic carbocycles. The van der Waals surface area contributed by atoms with Crippen LogP contribution in [0.5, 0.6) is 0 Å². The number of halogens is 1. The van der Waals surface area contributed by atoms with Gasteiger partial charge in [-0.05, 0) is 56.0 Å². The van der Waals surface area contributed by atoms with E-state index >= 15 is 0 Å². The third kappa shape index (κ3) is 3.34. The lowest BCUT2D eigenvalue weighted by Gasteiger charge is -2.24. The number of carbonyl (C=O) groups is 1. The van der Waals surface area contributed by atoms with Gasteiger partial charge in [0, 0.05) is 22.4 Å². The molecule has 0 aliphatic heterocycles. The topological polar surface area (TPSA) is 68.0 Å². The molecule has 1 heterocycles. The van der Waals surface area contributed by atoms with Gasteiger partial charge in [-0.3, -0.25) is 4.79 Å². The summed E-state index contributed by atoms with van der Waals surface area (Å²) < 4.78 is 0. The summed E-state index contributed by atoms with van der Waals surface area (Å²) in [6.07, 6.45) is 3.55. The molecule has 5 heteroatoms. The maximum absolute atomic E-state index is 12.3. The van der Waals surface area contributed by atoms with Crippen LogP contribution < -0.4 is 11.1 Å². The minimum absolute atomic E-state index is 0.0442. The normalized spacial score (nSPS) is 22.2. The summed E-state index contributed by atoms with van der Waals surface area (Å²) >= 11 is 5.95. The van der Waals surface area contributed by atoms with E-state index in [2.05, 4.69) is 10.3 Å². The maximum atomic E-state index is 12.3. The first-order chi connectivity index (χ1) is 10.1. The van der Waals surface area contributed by atoms with Gasteiger partial charge in [-0.15, -0.1) is 0 Å². The van der Waals surface area contributed by atoms with Crippen LogP contribution in [0, 0.1) is 5.92 Å². The number of nitrogens with one attached hydrogen (secondary N) is 1. The molecule has 1 aromatic carbocycles. The van der Waals surface area contributed by atoms with Crippen molar-refractivity contribution >= 4 is 34.2 Å². The van der Waals surface area contributed by atoms with Gasteiger partial charge in [0.25, 0.3) is 0 Å². The Morgan fingerprint density at radius 2 is 1.95 bits per heavy atom. The highest BCUT2D eigenvalue weighted by molar-refractivity contribution is 6.31. The first kappa shape index (κ1) is 14.3. The number of anilines is 1. The smallest absolute Gasteiger partial charge is 0.228 e. The second kappa shape index (κ2) is 6.00. The number of aromatic nitrogens is 1. The van der Waals surface area contributed by atoms with E-state index in [0.29, 0.717) is 10.8 Å². The highest BCUT2D eigenvalue weighted by atomic mass is 35.5. The molecular formula is C16H18ClN3O. The van der Waals surface area contributed by atoms with Gasteiger partial charge in [0.1, 0.15) is 5.82 Å². The van der Waals surface area contributed by atoms with E-state index in [-0.39, 0.29) is 17.9 Å². The molecule has 1 saturated carbocycles. The van der Waals surface area contributed by atoms with Gasteiger partial charge in [-0.1, -0.05) is 11.6 Å². The van der Waals surface area contributed by atoms with Crippen molar-refractivity contribution in [3.05, 3.63) is 35.4 Å². The minimum Gasteiger partial charge on any atom is -0.328 e. The van der Waals surface area contributed by atoms with Crippen LogP contribution >= 0.6 is 11.6 Å². The van der Waals surface area contributed by atoms with Crippen molar-refractivity contribution in [1.29, 1.82) is 0 Å². The van der Waals surface area contributed by atoms with Gasteiger partial charge in [-0.2, -0.15) is 0 Å². The third-order valence-electron chi connectivity index (χ3n) is 4.05. The average molecular weight is 304 g/mol. The Morgan fingerprint density at radius 1 is 1.19 bits per heavy atom. The van der Waals surface area contributed by atoms with E-state index in [1.807, 2.05) is 24.3 Å². The Kier molecular flexibility index (Phi) is 4.08. The number of pyridine rings is 1. The largest absolute Gasteiger partial charge is 0.328 e. The SMILES string of the molecule is N[C@H]1CC[C@H](C(=O)Nc2ccc3cc(Cl)ccc3n2)CC1. The Bertz CT molecular complexity index is 666. The van der Waals surface area contributed by atoms with Gasteiger partial charge in [0.2, 0.25) is 5.91 Å². The number of amides is 1. The van der Waals surface area contributed by atoms with Gasteiger partial charge >= 0.3 is 0 Å². The summed E-state index contributed by atoms with van der Waals surface area (Å²) in [6.45, 7) is 0. The number of rotatable bonds is 2. The third-order valence-corrected chi connectivity index (χ3v) is 4.28. The van der Waals surface area contributed by atoms with Crippen molar-refractivity contribution in [2.75, 3.05) is 5.32 Å². The van der Waals surface area contributed by atoms with Gasteiger partial charge < -0.3 is 11.1 Å². The molecule has 1 aliphatic rings. The van der Waals surface area contributed by atoms with E-state index in [1.54, 1.807) is 6.07 Å². The summed E-state index contributed by atoms with van der Waals surface area (Å²) in [7, 11) is 0. The monoisotopic (exact) mass is 303 g/mol. The molecule has 21 heavy (non-hydrogen) atoms. The average Bonchev–Trinajstić information content (AvgIpc) is 2.48. The Morgan fingerprint density at radius 3 is 2.71 bits per heavy atom. The molecule has 0 atom stereocenters. The molecule has 1 amide bonds. The number of fused-ring (bicyclic) bond motifs is 1. The van der Waals surface area contributed by atoms with E-state index in [4.69, 9.17) is 17.3 Å². The molecule has 0 radical (unpaired) electrons. The lowest BCUT2D eigenvalue weighted by atomic mass is 9.86. The van der Waals surface area contributed by atoms with Crippen LogP contribution in [0.4, 0.5) is 5.82 Å². The van der Waals surface area contributed by atoms with E-state index in [0.717, 1.165) is 36.6 Å². The van der Waals surface area contributed by atoms with Crippen molar-refractivity contribution in [2.45, 2.75) is 31.7 Å². The second-order valence-corrected chi connectivity index (χ2v) is 6.07. The zero-order chi connectivity index (χ0) is 14.8. The number of carbonyl (C=O) groups excluding carboxylic acids is 1. The Labute approximate surface area is 128 Å². The summed E-state index contributed by atoms with van der Waals surface area (Å²) in [4.78, 5) is 16.7. The molecule has 2 aromatic rings. The zero-order valence-corrected chi connectivity index (χ0v) is 12.4. The molecule has 1 fully saturated rings. The van der Waals surface area contributed by atoms with Crippen molar-refractivity contribution in [2.24, 2.45) is 11.7 Å². The van der Waals surface area contributed by atoms with E-state index in [9.17, 15) is 4.79 Å². The molecule has 3 rings (SSSR count). The first-order valence-corrected chi connectivity index (χ1v) is 7.62. The molecule has 1 aromatic heterocycles. The highest BCUT2D eigenvalue weighted by Gasteiger charge is 2.24. The predicted molar refractivity (Wildman–Crippen MR) is 85.3 cm³/mol. The summed E-state index contributed by atoms with van der Waals surface area (Å²) in [6, 6.07) is 9.49. The lowest BCUT2D eigenvalue weighted by molar-refractivity contribution is -0.120. The quantitative estimate of drug-likeness (QED) is 0.894. The lowest BCUT2D eigenvalue weighted by Crippen LogP contribution is -2.32. The van der Waals surface area contributed by atoms with E-state index < -0.39 is 0 Å². The molecule has 110 valence electrons. The van der Waals surface area contributed by atoms with Crippen LogP contribution in [0.3, 0.4) is 0 Å². The molecule has 4 nitrogen and oxygen atoms in total. The number of hydrogen-bond donors (Lipinski definition) is 2. The van der Waals surface area contributed by atoms with Crippen LogP contribution in [0.1, 0.15) is 25.7 Å². The number of benzene rings is 1. The van der Waals surface area contributed by atoms with Crippen molar-refractivity contribution in [3.8, 4) is 0 Å². The molecule has 0 saturated heterocycles. The minimum atomic E-state index is 0.0442. The number of nitrogens with two attached hydrogens (primary N) is 1. The second-order valence-electron chi connectivity index (χ2n) is 5.63. The Hall–Kier alpha value is -1.65. The predicted octanol–water partition coefficient (Wildman–Crippen LogP) is 3.34. The van der Waals surface area contributed by atoms with E-state index in [1.165, 1.54) is 0 Å². The Balaban J connectivity index is 1.72. The van der Waals surface area contributed by atoms with Crippen molar-refractivity contribution < 1.29 is 4.79 Å². The van der Waals surface area contributed by atoms with Crippen LogP contribution in [0.15, 0.2) is 30.3 Å². The summed E-state index contributed by atoms with van der Waals surface area (Å²) in [5.74, 6) is 0.680. The standard InChI is InChI=1S/C16H18ClN3O/c17-12-4-7-14-11(9-12)3-8-15(19-14)20-16(21)10-1-5-13(18)6-2-10/h3-4,7-10,13H,1-2,5-6,18H2,(H,19,20,21)/t10-,13-. The van der Waals surface area contributed by atoms with Crippen LogP contribution in [-0.4, -0.2) is 16.9 Å². The van der Waals surface area contributed by atoms with Crippen molar-refractivity contribution in [3.63, 3.8) is 0 Å². The van der Waals surface area contributed by atoms with Crippen molar-refractivity contribution in [1.82, 2.24) is 4.98 Å². The first-order valence-electron chi connectivity index (χ1n) is 7.24. The number of hydrogen-bond acceptors (Lipinski definition) is 3. The van der Waals surface area contributed by atoms with Gasteiger partial charge in [0.05, 0.1) is 5.52 Å². The summed E-state index contributed by atoms with van der Waals surface area (Å²) in [5.41, 5.74) is 6.69. The fourth-order valence-electron chi connectivity index (χ4n) is 2.78. The molecule has 3 N–H and O–H groups in total. The maximum Gasteiger partial charge on any atom is 0.228 e. The molecule has 0 bridgehead atoms. The molecule has 0 spiro atoms. The fourth-order valence-corrected chi connectivity index (χ4v) is 2.96. The molecule has 0 unspecified atom stereocenters. The van der Waals surface area contributed by atoms with Gasteiger partial charge in [-0.25, -0.2) is 4.98 Å². The van der Waals surface area contributed by atoms with Gasteiger partial charge in [0.15, 0.2) is 0 Å². The van der Waals surface area contributed by atoms with Crippen LogP contribution in [0.2, 0.25) is 5.02 Å². The zero-order valence-electron chi connectivity index (χ0n) is 11.7. The number of nitrogens with zero attached hydrogens (tertiary/aromatic N) is 1. The highest BCUT2D eigenvalue weighted by Crippen LogP contribution is 2.25. The summed E-state index contributed by atoms with van der Waals surface area (Å²) in [5, 5.41) is 4.55.